The lowest BCUT2D eigenvalue weighted by molar-refractivity contribution is 0.0236. The summed E-state index contributed by atoms with van der Waals surface area (Å²) in [5.74, 6) is 2.46. The van der Waals surface area contributed by atoms with Crippen molar-refractivity contribution in [3.05, 3.63) is 65.5 Å². The summed E-state index contributed by atoms with van der Waals surface area (Å²) in [6.45, 7) is 7.68. The summed E-state index contributed by atoms with van der Waals surface area (Å²) in [6.07, 6.45) is 1.44. The molecule has 4 aromatic rings. The minimum atomic E-state index is -0.210. The summed E-state index contributed by atoms with van der Waals surface area (Å²) < 4.78 is 19.7. The van der Waals surface area contributed by atoms with Gasteiger partial charge in [0, 0.05) is 39.5 Å². The van der Waals surface area contributed by atoms with E-state index in [1.54, 1.807) is 39.4 Å². The zero-order chi connectivity index (χ0) is 29.1. The molecule has 1 fully saturated rings. The smallest absolute Gasteiger partial charge is 0.251 e. The highest BCUT2D eigenvalue weighted by Crippen LogP contribution is 2.38. The number of hydrogen-bond acceptors (Lipinski definition) is 9. The van der Waals surface area contributed by atoms with E-state index >= 15 is 0 Å². The van der Waals surface area contributed by atoms with E-state index in [4.69, 9.17) is 24.2 Å². The number of rotatable bonds is 9. The van der Waals surface area contributed by atoms with E-state index in [2.05, 4.69) is 38.1 Å². The number of aromatic nitrogens is 4. The third-order valence-corrected chi connectivity index (χ3v) is 7.25. The van der Waals surface area contributed by atoms with E-state index in [1.807, 2.05) is 26.1 Å². The highest BCUT2D eigenvalue weighted by molar-refractivity contribution is 5.95. The van der Waals surface area contributed by atoms with Gasteiger partial charge in [0.05, 0.1) is 42.6 Å². The van der Waals surface area contributed by atoms with Crippen LogP contribution in [0.1, 0.15) is 40.2 Å². The number of carbonyl (C=O) groups excluding carboxylic acids is 1. The number of methoxy groups -OCH3 is 1. The summed E-state index contributed by atoms with van der Waals surface area (Å²) in [4.78, 5) is 26.3. The van der Waals surface area contributed by atoms with Crippen LogP contribution in [0.2, 0.25) is 0 Å². The third kappa shape index (κ3) is 5.66. The van der Waals surface area contributed by atoms with Crippen molar-refractivity contribution in [2.45, 2.75) is 25.9 Å². The molecule has 0 saturated carbocycles. The summed E-state index contributed by atoms with van der Waals surface area (Å²) in [6, 6.07) is 11.2. The number of aryl methyl sites for hydroxylation is 2. The van der Waals surface area contributed by atoms with Crippen molar-refractivity contribution in [2.75, 3.05) is 45.1 Å². The molecule has 0 spiro atoms. The Morgan fingerprint density at radius 1 is 1.07 bits per heavy atom. The van der Waals surface area contributed by atoms with Crippen LogP contribution in [0.4, 0.5) is 17.5 Å². The van der Waals surface area contributed by atoms with Gasteiger partial charge in [-0.15, -0.1) is 0 Å². The first-order valence-corrected chi connectivity index (χ1v) is 13.5. The molecular formula is C30H35N7O4. The van der Waals surface area contributed by atoms with Crippen molar-refractivity contribution < 1.29 is 19.0 Å². The molecule has 11 heteroatoms. The molecule has 3 heterocycles. The van der Waals surface area contributed by atoms with Crippen molar-refractivity contribution in [3.8, 4) is 11.6 Å². The van der Waals surface area contributed by atoms with Gasteiger partial charge in [-0.2, -0.15) is 9.97 Å². The Morgan fingerprint density at radius 3 is 2.54 bits per heavy atom. The number of nitrogens with one attached hydrogen (secondary N) is 3. The fourth-order valence-electron chi connectivity index (χ4n) is 4.83. The molecule has 0 atom stereocenters. The minimum Gasteiger partial charge on any atom is -0.495 e. The summed E-state index contributed by atoms with van der Waals surface area (Å²) in [5, 5.41) is 9.06. The summed E-state index contributed by atoms with van der Waals surface area (Å²) in [7, 11) is 6.92. The monoisotopic (exact) mass is 557 g/mol. The van der Waals surface area contributed by atoms with Gasteiger partial charge in [0.1, 0.15) is 23.5 Å². The number of benzene rings is 2. The third-order valence-electron chi connectivity index (χ3n) is 7.25. The highest BCUT2D eigenvalue weighted by Gasteiger charge is 2.24. The molecule has 11 nitrogen and oxygen atoms in total. The van der Waals surface area contributed by atoms with Crippen LogP contribution in [0.25, 0.3) is 16.6 Å². The van der Waals surface area contributed by atoms with Crippen molar-refractivity contribution in [3.63, 3.8) is 0 Å². The molecule has 0 aliphatic carbocycles. The van der Waals surface area contributed by atoms with Crippen molar-refractivity contribution >= 4 is 40.0 Å². The topological polar surface area (TPSA) is 124 Å². The second-order valence-electron chi connectivity index (χ2n) is 9.77. The van der Waals surface area contributed by atoms with Crippen LogP contribution in [0, 0.1) is 6.92 Å². The Balaban J connectivity index is 1.57. The van der Waals surface area contributed by atoms with Crippen molar-refractivity contribution in [2.24, 2.45) is 7.05 Å². The first-order valence-electron chi connectivity index (χ1n) is 13.5. The van der Waals surface area contributed by atoms with Gasteiger partial charge in [-0.05, 0) is 48.4 Å². The van der Waals surface area contributed by atoms with Gasteiger partial charge in [-0.25, -0.2) is 4.98 Å². The average molecular weight is 558 g/mol. The Morgan fingerprint density at radius 2 is 1.83 bits per heavy atom. The minimum absolute atomic E-state index is 0.0636. The zero-order valence-corrected chi connectivity index (χ0v) is 24.0. The summed E-state index contributed by atoms with van der Waals surface area (Å²) >= 11 is 0. The second kappa shape index (κ2) is 11.8. The van der Waals surface area contributed by atoms with Crippen LogP contribution in [0.3, 0.4) is 0 Å². The normalized spacial score (nSPS) is 13.6. The first-order chi connectivity index (χ1) is 19.8. The maximum Gasteiger partial charge on any atom is 0.251 e. The predicted molar refractivity (Wildman–Crippen MR) is 159 cm³/mol. The van der Waals surface area contributed by atoms with Gasteiger partial charge in [0.2, 0.25) is 11.8 Å². The Hall–Kier alpha value is -4.64. The molecule has 5 rings (SSSR count). The number of hydrogen-bond donors (Lipinski definition) is 3. The largest absolute Gasteiger partial charge is 0.495 e. The van der Waals surface area contributed by atoms with Crippen LogP contribution >= 0.6 is 0 Å². The van der Waals surface area contributed by atoms with Crippen molar-refractivity contribution in [1.82, 2.24) is 24.8 Å². The van der Waals surface area contributed by atoms with E-state index in [1.165, 1.54) is 0 Å². The van der Waals surface area contributed by atoms with Gasteiger partial charge < -0.3 is 34.7 Å². The number of imidazole rings is 1. The summed E-state index contributed by atoms with van der Waals surface area (Å²) in [5.41, 5.74) is 5.29. The maximum absolute atomic E-state index is 12.1. The highest BCUT2D eigenvalue weighted by atomic mass is 16.5. The van der Waals surface area contributed by atoms with Gasteiger partial charge in [-0.1, -0.05) is 12.6 Å². The van der Waals surface area contributed by atoms with Crippen LogP contribution in [-0.2, 0) is 11.8 Å². The van der Waals surface area contributed by atoms with Crippen LogP contribution in [0.5, 0.6) is 11.6 Å². The lowest BCUT2D eigenvalue weighted by Crippen LogP contribution is -2.27. The molecule has 0 radical (unpaired) electrons. The predicted octanol–water partition coefficient (Wildman–Crippen LogP) is 4.44. The standard InChI is InChI=1S/C30H35N7O4/c1-17(19-7-9-22-24(15-19)37(5)18(2)33-22)26-27(31-3)35-30(36-29(26)41-21-11-13-40-14-12-21)34-23-10-8-20(28(38)32-4)16-25(23)39-6/h7-10,15-16,21H,1,11-14H2,2-6H3,(H,32,38)(H2,31,34,35,36). The van der Waals surface area contributed by atoms with Crippen LogP contribution in [-0.4, -0.2) is 65.9 Å². The fourth-order valence-corrected chi connectivity index (χ4v) is 4.83. The van der Waals surface area contributed by atoms with E-state index in [0.717, 1.165) is 40.8 Å². The van der Waals surface area contributed by atoms with Gasteiger partial charge in [0.15, 0.2) is 0 Å². The van der Waals surface area contributed by atoms with E-state index in [-0.39, 0.29) is 12.0 Å². The molecular weight excluding hydrogens is 522 g/mol. The number of anilines is 3. The average Bonchev–Trinajstić information content (AvgIpc) is 3.28. The van der Waals surface area contributed by atoms with E-state index < -0.39 is 0 Å². The molecule has 1 amide bonds. The molecule has 214 valence electrons. The van der Waals surface area contributed by atoms with E-state index in [9.17, 15) is 4.79 Å². The number of fused-ring (bicyclic) bond motifs is 1. The Kier molecular flexibility index (Phi) is 8.06. The van der Waals surface area contributed by atoms with Gasteiger partial charge in [0.25, 0.3) is 5.91 Å². The fraction of sp³-hybridized carbons (Fsp3) is 0.333. The van der Waals surface area contributed by atoms with Gasteiger partial charge >= 0.3 is 0 Å². The van der Waals surface area contributed by atoms with Crippen molar-refractivity contribution in [1.29, 1.82) is 0 Å². The van der Waals surface area contributed by atoms with Crippen LogP contribution < -0.4 is 25.4 Å². The van der Waals surface area contributed by atoms with Crippen LogP contribution in [0.15, 0.2) is 43.0 Å². The zero-order valence-electron chi connectivity index (χ0n) is 24.0. The molecule has 1 aliphatic heterocycles. The van der Waals surface area contributed by atoms with E-state index in [0.29, 0.717) is 53.4 Å². The number of amides is 1. The lowest BCUT2D eigenvalue weighted by Gasteiger charge is -2.25. The molecule has 41 heavy (non-hydrogen) atoms. The Labute approximate surface area is 239 Å². The molecule has 0 bridgehead atoms. The number of carbonyl (C=O) groups is 1. The molecule has 1 saturated heterocycles. The Bertz CT molecular complexity index is 1610. The first kappa shape index (κ1) is 27.9. The molecule has 3 N–H and O–H groups in total. The molecule has 2 aromatic heterocycles. The SMILES string of the molecule is C=C(c1ccc2nc(C)n(C)c2c1)c1c(NC)nc(Nc2ccc(C(=O)NC)cc2OC)nc1OC1CCOCC1. The molecule has 1 aliphatic rings. The molecule has 0 unspecified atom stereocenters. The quantitative estimate of drug-likeness (QED) is 0.274. The van der Waals surface area contributed by atoms with Gasteiger partial charge in [-0.3, -0.25) is 4.79 Å². The molecule has 2 aromatic carbocycles. The maximum atomic E-state index is 12.1. The number of nitrogens with zero attached hydrogens (tertiary/aromatic N) is 4. The lowest BCUT2D eigenvalue weighted by atomic mass is 10.00. The number of ether oxygens (including phenoxy) is 3. The second-order valence-corrected chi connectivity index (χ2v) is 9.77.